The fourth-order valence-corrected chi connectivity index (χ4v) is 5.83. The van der Waals surface area contributed by atoms with Crippen molar-refractivity contribution < 1.29 is 19.1 Å². The van der Waals surface area contributed by atoms with Crippen LogP contribution in [0, 0.1) is 35.5 Å². The van der Waals surface area contributed by atoms with Crippen LogP contribution in [0.2, 0.25) is 0 Å². The molecule has 2 bridgehead atoms. The van der Waals surface area contributed by atoms with Crippen molar-refractivity contribution in [1.29, 1.82) is 0 Å². The molecule has 1 heterocycles. The van der Waals surface area contributed by atoms with Crippen LogP contribution in [-0.2, 0) is 20.8 Å². The number of ether oxygens (including phenoxy) is 1. The number of hydrogen-bond acceptors (Lipinski definition) is 4. The quantitative estimate of drug-likeness (QED) is 0.342. The Morgan fingerprint density at radius 1 is 0.900 bits per heavy atom. The molecule has 2 saturated carbocycles. The first-order valence-corrected chi connectivity index (χ1v) is 10.5. The van der Waals surface area contributed by atoms with E-state index in [9.17, 15) is 14.4 Å². The first-order valence-electron chi connectivity index (χ1n) is 10.5. The summed E-state index contributed by atoms with van der Waals surface area (Å²) >= 11 is 0. The summed E-state index contributed by atoms with van der Waals surface area (Å²) in [4.78, 5) is 40.1. The highest BCUT2D eigenvalue weighted by Gasteiger charge is 2.67. The summed E-state index contributed by atoms with van der Waals surface area (Å²) < 4.78 is 5.49. The highest BCUT2D eigenvalue weighted by Crippen LogP contribution is 2.65. The smallest absolute Gasteiger partial charge is 0.315 e. The van der Waals surface area contributed by atoms with Crippen LogP contribution in [0.1, 0.15) is 12.0 Å². The Morgan fingerprint density at radius 2 is 1.57 bits per heavy atom. The van der Waals surface area contributed by atoms with Crippen molar-refractivity contribution in [3.8, 4) is 5.75 Å². The molecule has 6 atom stereocenters. The van der Waals surface area contributed by atoms with Gasteiger partial charge in [-0.1, -0.05) is 48.6 Å². The molecule has 7 rings (SSSR count). The number of esters is 1. The Labute approximate surface area is 174 Å². The van der Waals surface area contributed by atoms with Crippen LogP contribution in [0.5, 0.6) is 5.75 Å². The van der Waals surface area contributed by atoms with E-state index in [0.717, 1.165) is 12.0 Å². The summed E-state index contributed by atoms with van der Waals surface area (Å²) in [6, 6.07) is 16.1. The summed E-state index contributed by atoms with van der Waals surface area (Å²) in [5.74, 6) is 0.801. The standard InChI is InChI=1S/C25H21NO4/c27-21(11-14-5-2-1-3-6-14)30-16-8-4-7-15(12-16)26-24(28)22-17-9-10-18(20-13-19(17)20)23(22)25(26)29/h1-10,12,17-20,22-23H,11,13H2/t17-,18-,19-,20-,22+,23+/m1/s1. The van der Waals surface area contributed by atoms with Gasteiger partial charge in [0, 0.05) is 6.07 Å². The molecular weight excluding hydrogens is 378 g/mol. The zero-order chi connectivity index (χ0) is 20.4. The predicted octanol–water partition coefficient (Wildman–Crippen LogP) is 3.39. The molecule has 1 saturated heterocycles. The fraction of sp³-hybridized carbons (Fsp3) is 0.320. The van der Waals surface area contributed by atoms with E-state index in [2.05, 4.69) is 12.2 Å². The maximum absolute atomic E-state index is 13.2. The normalized spacial score (nSPS) is 32.7. The van der Waals surface area contributed by atoms with E-state index < -0.39 is 0 Å². The summed E-state index contributed by atoms with van der Waals surface area (Å²) in [5, 5.41) is 0. The van der Waals surface area contributed by atoms with Crippen molar-refractivity contribution >= 4 is 23.5 Å². The number of hydrogen-bond donors (Lipinski definition) is 0. The van der Waals surface area contributed by atoms with Gasteiger partial charge in [0.25, 0.3) is 0 Å². The van der Waals surface area contributed by atoms with Gasteiger partial charge >= 0.3 is 5.97 Å². The van der Waals surface area contributed by atoms with Gasteiger partial charge in [-0.25, -0.2) is 4.90 Å². The molecule has 5 aliphatic rings. The summed E-state index contributed by atoms with van der Waals surface area (Å²) in [6.07, 6.45) is 5.63. The van der Waals surface area contributed by atoms with Gasteiger partial charge in [0.05, 0.1) is 23.9 Å². The average molecular weight is 399 g/mol. The van der Waals surface area contributed by atoms with Gasteiger partial charge in [-0.05, 0) is 47.8 Å². The van der Waals surface area contributed by atoms with Crippen LogP contribution in [0.4, 0.5) is 5.69 Å². The lowest BCUT2D eigenvalue weighted by atomic mass is 9.63. The first-order chi connectivity index (χ1) is 14.6. The minimum atomic E-state index is -0.381. The maximum atomic E-state index is 13.2. The lowest BCUT2D eigenvalue weighted by Gasteiger charge is -2.37. The van der Waals surface area contributed by atoms with Gasteiger partial charge < -0.3 is 4.74 Å². The van der Waals surface area contributed by atoms with Gasteiger partial charge in [-0.15, -0.1) is 0 Å². The van der Waals surface area contributed by atoms with E-state index in [1.54, 1.807) is 24.3 Å². The number of allylic oxidation sites excluding steroid dienone is 2. The van der Waals surface area contributed by atoms with Crippen molar-refractivity contribution in [1.82, 2.24) is 0 Å². The van der Waals surface area contributed by atoms with Gasteiger partial charge in [-0.3, -0.25) is 14.4 Å². The third-order valence-corrected chi connectivity index (χ3v) is 7.16. The number of rotatable bonds is 4. The number of anilines is 1. The number of amides is 2. The molecule has 2 amide bonds. The van der Waals surface area contributed by atoms with Crippen molar-refractivity contribution in [2.75, 3.05) is 4.90 Å². The molecule has 4 aliphatic carbocycles. The number of carbonyl (C=O) groups is 3. The van der Waals surface area contributed by atoms with Gasteiger partial charge in [-0.2, -0.15) is 0 Å². The summed E-state index contributed by atoms with van der Waals surface area (Å²) in [5.41, 5.74) is 1.35. The molecule has 0 spiro atoms. The molecule has 0 unspecified atom stereocenters. The molecule has 5 nitrogen and oxygen atoms in total. The van der Waals surface area contributed by atoms with Gasteiger partial charge in [0.2, 0.25) is 11.8 Å². The third-order valence-electron chi connectivity index (χ3n) is 7.16. The Balaban J connectivity index is 1.23. The molecule has 1 aliphatic heterocycles. The minimum absolute atomic E-state index is 0.109. The van der Waals surface area contributed by atoms with Crippen molar-refractivity contribution in [3.63, 3.8) is 0 Å². The van der Waals surface area contributed by atoms with Gasteiger partial charge in [0.1, 0.15) is 5.75 Å². The van der Waals surface area contributed by atoms with Crippen molar-refractivity contribution in [2.45, 2.75) is 12.8 Å². The Bertz CT molecular complexity index is 1060. The Morgan fingerprint density at radius 3 is 2.23 bits per heavy atom. The third kappa shape index (κ3) is 2.58. The summed E-state index contributed by atoms with van der Waals surface area (Å²) in [7, 11) is 0. The monoisotopic (exact) mass is 399 g/mol. The molecule has 0 radical (unpaired) electrons. The lowest BCUT2D eigenvalue weighted by molar-refractivity contribution is -0.133. The topological polar surface area (TPSA) is 63.7 Å². The highest BCUT2D eigenvalue weighted by molar-refractivity contribution is 6.22. The molecule has 2 aromatic rings. The largest absolute Gasteiger partial charge is 0.426 e. The number of imide groups is 1. The highest BCUT2D eigenvalue weighted by atomic mass is 16.5. The molecule has 3 fully saturated rings. The van der Waals surface area contributed by atoms with E-state index >= 15 is 0 Å². The molecule has 5 heteroatoms. The summed E-state index contributed by atoms with van der Waals surface area (Å²) in [6.45, 7) is 0. The van der Waals surface area contributed by atoms with Crippen LogP contribution in [-0.4, -0.2) is 17.8 Å². The molecule has 0 N–H and O–H groups in total. The van der Waals surface area contributed by atoms with E-state index in [1.807, 2.05) is 30.3 Å². The van der Waals surface area contributed by atoms with Crippen LogP contribution in [0.15, 0.2) is 66.7 Å². The fourth-order valence-electron chi connectivity index (χ4n) is 5.83. The van der Waals surface area contributed by atoms with Crippen LogP contribution < -0.4 is 9.64 Å². The molecule has 0 aromatic heterocycles. The van der Waals surface area contributed by atoms with E-state index in [4.69, 9.17) is 4.74 Å². The molecule has 150 valence electrons. The Hall–Kier alpha value is -3.21. The van der Waals surface area contributed by atoms with E-state index in [1.165, 1.54) is 4.90 Å². The van der Waals surface area contributed by atoms with Crippen LogP contribution in [0.3, 0.4) is 0 Å². The number of benzene rings is 2. The second-order valence-electron chi connectivity index (χ2n) is 8.80. The first kappa shape index (κ1) is 17.6. The van der Waals surface area contributed by atoms with Crippen molar-refractivity contribution in [3.05, 3.63) is 72.3 Å². The second kappa shape index (κ2) is 6.39. The van der Waals surface area contributed by atoms with E-state index in [0.29, 0.717) is 23.3 Å². The van der Waals surface area contributed by atoms with Crippen molar-refractivity contribution in [2.24, 2.45) is 35.5 Å². The maximum Gasteiger partial charge on any atom is 0.315 e. The number of carbonyl (C=O) groups excluding carboxylic acids is 3. The Kier molecular flexibility index (Phi) is 3.76. The molecular formula is C25H21NO4. The predicted molar refractivity (Wildman–Crippen MR) is 109 cm³/mol. The van der Waals surface area contributed by atoms with Crippen LogP contribution >= 0.6 is 0 Å². The SMILES string of the molecule is O=C(Cc1ccccc1)Oc1cccc(N2C(=O)[C@H]3[C@@H]4C=C[C@H]([C@H]5C[C@H]45)[C@@H]3C2=O)c1. The molecule has 2 aromatic carbocycles. The van der Waals surface area contributed by atoms with Gasteiger partial charge in [0.15, 0.2) is 0 Å². The minimum Gasteiger partial charge on any atom is -0.426 e. The zero-order valence-corrected chi connectivity index (χ0v) is 16.3. The van der Waals surface area contributed by atoms with Crippen LogP contribution in [0.25, 0.3) is 0 Å². The number of nitrogens with zero attached hydrogens (tertiary/aromatic N) is 1. The average Bonchev–Trinajstić information content (AvgIpc) is 3.52. The zero-order valence-electron chi connectivity index (χ0n) is 16.3. The molecule has 30 heavy (non-hydrogen) atoms. The second-order valence-corrected chi connectivity index (χ2v) is 8.80. The lowest BCUT2D eigenvalue weighted by Crippen LogP contribution is -2.40. The van der Waals surface area contributed by atoms with E-state index in [-0.39, 0.29) is 47.9 Å².